The zero-order valence-corrected chi connectivity index (χ0v) is 11.3. The molecule has 0 radical (unpaired) electrons. The van der Waals surface area contributed by atoms with Crippen LogP contribution in [0.3, 0.4) is 0 Å². The van der Waals surface area contributed by atoms with Gasteiger partial charge in [0.1, 0.15) is 5.82 Å². The lowest BCUT2D eigenvalue weighted by Crippen LogP contribution is -2.29. The topological polar surface area (TPSA) is 19.4 Å². The molecule has 0 bridgehead atoms. The first-order chi connectivity index (χ1) is 7.52. The van der Waals surface area contributed by atoms with Crippen molar-refractivity contribution >= 4 is 17.4 Å². The van der Waals surface area contributed by atoms with Crippen LogP contribution in [0.4, 0.5) is 5.82 Å². The number of alkyl halides is 1. The highest BCUT2D eigenvalue weighted by Gasteiger charge is 2.05. The Morgan fingerprint density at radius 2 is 1.88 bits per heavy atom. The summed E-state index contributed by atoms with van der Waals surface area (Å²) in [5.74, 6) is 1.54. The number of hydrogen-bond donors (Lipinski definition) is 0. The first kappa shape index (κ1) is 13.3. The first-order valence-electron chi connectivity index (χ1n) is 5.42. The number of likely N-dealkylation sites (N-methyl/N-ethyl adjacent to an activating group) is 2. The summed E-state index contributed by atoms with van der Waals surface area (Å²) >= 11 is 5.85. The Morgan fingerprint density at radius 3 is 2.44 bits per heavy atom. The molecular weight excluding hydrogens is 222 g/mol. The molecule has 0 aliphatic carbocycles. The van der Waals surface area contributed by atoms with Gasteiger partial charge in [-0.15, -0.1) is 11.6 Å². The monoisotopic (exact) mass is 241 g/mol. The smallest absolute Gasteiger partial charge is 0.128 e. The average Bonchev–Trinajstić information content (AvgIpc) is 2.24. The molecule has 4 heteroatoms. The van der Waals surface area contributed by atoms with Crippen molar-refractivity contribution in [2.75, 3.05) is 39.1 Å². The van der Waals surface area contributed by atoms with Crippen LogP contribution in [0.15, 0.2) is 12.1 Å². The van der Waals surface area contributed by atoms with Crippen LogP contribution < -0.4 is 4.90 Å². The number of rotatable bonds is 5. The minimum Gasteiger partial charge on any atom is -0.358 e. The second-order valence-corrected chi connectivity index (χ2v) is 4.60. The molecule has 0 saturated heterocycles. The SMILES string of the molecule is Cc1cc(CCl)cc(N(C)CCN(C)C)n1. The Kier molecular flexibility index (Phi) is 5.03. The molecule has 0 atom stereocenters. The Hall–Kier alpha value is -0.800. The molecule has 0 aliphatic rings. The molecule has 1 aromatic rings. The number of pyridine rings is 1. The van der Waals surface area contributed by atoms with Crippen molar-refractivity contribution in [1.29, 1.82) is 0 Å². The van der Waals surface area contributed by atoms with Gasteiger partial charge in [-0.3, -0.25) is 0 Å². The van der Waals surface area contributed by atoms with Gasteiger partial charge in [0.15, 0.2) is 0 Å². The lowest BCUT2D eigenvalue weighted by molar-refractivity contribution is 0.416. The maximum atomic E-state index is 5.85. The van der Waals surface area contributed by atoms with Crippen LogP contribution >= 0.6 is 11.6 Å². The summed E-state index contributed by atoms with van der Waals surface area (Å²) in [4.78, 5) is 8.83. The van der Waals surface area contributed by atoms with Gasteiger partial charge in [0.25, 0.3) is 0 Å². The zero-order valence-electron chi connectivity index (χ0n) is 10.5. The van der Waals surface area contributed by atoms with Crippen molar-refractivity contribution in [2.45, 2.75) is 12.8 Å². The van der Waals surface area contributed by atoms with Crippen molar-refractivity contribution in [3.8, 4) is 0 Å². The highest BCUT2D eigenvalue weighted by Crippen LogP contribution is 2.15. The molecule has 0 aliphatic heterocycles. The van der Waals surface area contributed by atoms with Crippen molar-refractivity contribution in [1.82, 2.24) is 9.88 Å². The van der Waals surface area contributed by atoms with E-state index >= 15 is 0 Å². The molecule has 0 amide bonds. The van der Waals surface area contributed by atoms with E-state index in [-0.39, 0.29) is 0 Å². The summed E-state index contributed by atoms with van der Waals surface area (Å²) in [6, 6.07) is 4.08. The van der Waals surface area contributed by atoms with E-state index < -0.39 is 0 Å². The maximum absolute atomic E-state index is 5.85. The molecule has 0 unspecified atom stereocenters. The van der Waals surface area contributed by atoms with Crippen molar-refractivity contribution in [2.24, 2.45) is 0 Å². The van der Waals surface area contributed by atoms with E-state index in [1.54, 1.807) is 0 Å². The van der Waals surface area contributed by atoms with Crippen LogP contribution in [0, 0.1) is 6.92 Å². The third kappa shape index (κ3) is 3.99. The van der Waals surface area contributed by atoms with Crippen LogP contribution in [0.25, 0.3) is 0 Å². The second-order valence-electron chi connectivity index (χ2n) is 4.33. The predicted molar refractivity (Wildman–Crippen MR) is 70.4 cm³/mol. The fourth-order valence-corrected chi connectivity index (χ4v) is 1.61. The van der Waals surface area contributed by atoms with Crippen molar-refractivity contribution in [3.63, 3.8) is 0 Å². The number of halogens is 1. The van der Waals surface area contributed by atoms with Gasteiger partial charge in [0, 0.05) is 31.7 Å². The molecule has 90 valence electrons. The fourth-order valence-electron chi connectivity index (χ4n) is 1.46. The molecule has 16 heavy (non-hydrogen) atoms. The molecule has 3 nitrogen and oxygen atoms in total. The van der Waals surface area contributed by atoms with Gasteiger partial charge in [-0.1, -0.05) is 0 Å². The Morgan fingerprint density at radius 1 is 1.19 bits per heavy atom. The van der Waals surface area contributed by atoms with Gasteiger partial charge in [0.2, 0.25) is 0 Å². The third-order valence-corrected chi connectivity index (χ3v) is 2.74. The molecule has 1 aromatic heterocycles. The summed E-state index contributed by atoms with van der Waals surface area (Å²) in [5.41, 5.74) is 2.14. The van der Waals surface area contributed by atoms with Crippen LogP contribution in [-0.4, -0.2) is 44.1 Å². The molecule has 0 spiro atoms. The lowest BCUT2D eigenvalue weighted by atomic mass is 10.2. The fraction of sp³-hybridized carbons (Fsp3) is 0.583. The number of anilines is 1. The third-order valence-electron chi connectivity index (χ3n) is 2.43. The number of nitrogens with zero attached hydrogens (tertiary/aromatic N) is 3. The van der Waals surface area contributed by atoms with Crippen LogP contribution in [0.2, 0.25) is 0 Å². The highest BCUT2D eigenvalue weighted by molar-refractivity contribution is 6.17. The summed E-state index contributed by atoms with van der Waals surface area (Å²) in [7, 11) is 6.20. The molecular formula is C12H20ClN3. The molecule has 1 rings (SSSR count). The van der Waals surface area contributed by atoms with Crippen molar-refractivity contribution < 1.29 is 0 Å². The average molecular weight is 242 g/mol. The molecule has 1 heterocycles. The van der Waals surface area contributed by atoms with Gasteiger partial charge in [-0.25, -0.2) is 4.98 Å². The van der Waals surface area contributed by atoms with Crippen LogP contribution in [-0.2, 0) is 5.88 Å². The van der Waals surface area contributed by atoms with E-state index in [1.807, 2.05) is 13.0 Å². The quantitative estimate of drug-likeness (QED) is 0.737. The normalized spacial score (nSPS) is 10.9. The number of aromatic nitrogens is 1. The van der Waals surface area contributed by atoms with E-state index in [9.17, 15) is 0 Å². The van der Waals surface area contributed by atoms with Crippen LogP contribution in [0.5, 0.6) is 0 Å². The van der Waals surface area contributed by atoms with Gasteiger partial charge in [0.05, 0.1) is 0 Å². The summed E-state index contributed by atoms with van der Waals surface area (Å²) in [6.45, 7) is 3.98. The van der Waals surface area contributed by atoms with E-state index in [0.29, 0.717) is 5.88 Å². The highest BCUT2D eigenvalue weighted by atomic mass is 35.5. The van der Waals surface area contributed by atoms with Crippen molar-refractivity contribution in [3.05, 3.63) is 23.4 Å². The molecule has 0 saturated carbocycles. The maximum Gasteiger partial charge on any atom is 0.128 e. The Balaban J connectivity index is 2.74. The first-order valence-corrected chi connectivity index (χ1v) is 5.95. The van der Waals surface area contributed by atoms with Gasteiger partial charge >= 0.3 is 0 Å². The summed E-state index contributed by atoms with van der Waals surface area (Å²) < 4.78 is 0. The van der Waals surface area contributed by atoms with Gasteiger partial charge in [-0.2, -0.15) is 0 Å². The standard InChI is InChI=1S/C12H20ClN3/c1-10-7-11(9-13)8-12(14-10)16(4)6-5-15(2)3/h7-8H,5-6,9H2,1-4H3. The van der Waals surface area contributed by atoms with E-state index in [0.717, 1.165) is 30.2 Å². The second kappa shape index (κ2) is 6.06. The van der Waals surface area contributed by atoms with Gasteiger partial charge in [-0.05, 0) is 38.7 Å². The van der Waals surface area contributed by atoms with Gasteiger partial charge < -0.3 is 9.80 Å². The summed E-state index contributed by atoms with van der Waals surface area (Å²) in [5, 5.41) is 0. The number of hydrogen-bond acceptors (Lipinski definition) is 3. The minimum atomic E-state index is 0.540. The van der Waals surface area contributed by atoms with E-state index in [4.69, 9.17) is 11.6 Å². The molecule has 0 fully saturated rings. The Bertz CT molecular complexity index is 339. The Labute approximate surface area is 103 Å². The lowest BCUT2D eigenvalue weighted by Gasteiger charge is -2.21. The molecule has 0 aromatic carbocycles. The number of aryl methyl sites for hydroxylation is 1. The van der Waals surface area contributed by atoms with Crippen LogP contribution in [0.1, 0.15) is 11.3 Å². The predicted octanol–water partition coefficient (Wildman–Crippen LogP) is 2.13. The summed E-state index contributed by atoms with van der Waals surface area (Å²) in [6.07, 6.45) is 0. The van der Waals surface area contributed by atoms with E-state index in [2.05, 4.69) is 42.0 Å². The zero-order chi connectivity index (χ0) is 12.1. The van der Waals surface area contributed by atoms with E-state index in [1.165, 1.54) is 0 Å². The minimum absolute atomic E-state index is 0.540. The largest absolute Gasteiger partial charge is 0.358 e. The molecule has 0 N–H and O–H groups in total.